The van der Waals surface area contributed by atoms with Gasteiger partial charge in [0.25, 0.3) is 11.8 Å². The van der Waals surface area contributed by atoms with Crippen molar-refractivity contribution in [1.82, 2.24) is 29.4 Å². The molecular formula is C45H43F3N8O9S. The summed E-state index contributed by atoms with van der Waals surface area (Å²) in [5.41, 5.74) is 1.40. The first kappa shape index (κ1) is 44.5. The molecule has 21 heteroatoms. The van der Waals surface area contributed by atoms with Crippen molar-refractivity contribution in [2.24, 2.45) is 0 Å². The molecule has 0 spiro atoms. The third kappa shape index (κ3) is 8.85. The van der Waals surface area contributed by atoms with Crippen molar-refractivity contribution in [1.29, 1.82) is 0 Å². The number of piperidine rings is 1. The van der Waals surface area contributed by atoms with Crippen LogP contribution in [0.15, 0.2) is 73.1 Å². The van der Waals surface area contributed by atoms with E-state index in [1.54, 1.807) is 18.3 Å². The minimum Gasteiger partial charge on any atom is -0.491 e. The van der Waals surface area contributed by atoms with Crippen LogP contribution in [0.1, 0.15) is 55.9 Å². The lowest BCUT2D eigenvalue weighted by Crippen LogP contribution is -2.54. The van der Waals surface area contributed by atoms with E-state index in [-0.39, 0.29) is 49.1 Å². The van der Waals surface area contributed by atoms with E-state index in [4.69, 9.17) is 9.47 Å². The number of alkyl halides is 1. The number of hydrogen-bond acceptors (Lipinski definition) is 12. The van der Waals surface area contributed by atoms with Crippen molar-refractivity contribution >= 4 is 62.0 Å². The number of nitrogens with one attached hydrogen (secondary N) is 3. The molecule has 0 aliphatic carbocycles. The fraction of sp³-hybridized carbons (Fsp3) is 0.333. The number of carbonyl (C=O) groups excluding carboxylic acids is 5. The van der Waals surface area contributed by atoms with Crippen molar-refractivity contribution in [2.45, 2.75) is 31.5 Å². The zero-order valence-corrected chi connectivity index (χ0v) is 36.0. The molecule has 3 fully saturated rings. The highest BCUT2D eigenvalue weighted by Gasteiger charge is 2.45. The lowest BCUT2D eigenvalue weighted by atomic mass is 9.99. The minimum atomic E-state index is -4.37. The Morgan fingerprint density at radius 1 is 0.864 bits per heavy atom. The highest BCUT2D eigenvalue weighted by Crippen LogP contribution is 2.33. The second-order valence-corrected chi connectivity index (χ2v) is 17.9. The number of aromatic amines is 1. The number of imide groups is 2. The van der Waals surface area contributed by atoms with Gasteiger partial charge >= 0.3 is 10.2 Å². The Hall–Kier alpha value is -6.68. The predicted molar refractivity (Wildman–Crippen MR) is 233 cm³/mol. The normalized spacial score (nSPS) is 19.4. The number of hydrogen-bond donors (Lipinski definition) is 3. The summed E-state index contributed by atoms with van der Waals surface area (Å²) in [6, 6.07) is 14.7. The van der Waals surface area contributed by atoms with Crippen molar-refractivity contribution in [3.8, 4) is 16.9 Å². The van der Waals surface area contributed by atoms with Crippen LogP contribution in [0.3, 0.4) is 0 Å². The van der Waals surface area contributed by atoms with Gasteiger partial charge in [-0.05, 0) is 66.9 Å². The smallest absolute Gasteiger partial charge is 0.301 e. The lowest BCUT2D eigenvalue weighted by Gasteiger charge is -2.36. The number of rotatable bonds is 15. The van der Waals surface area contributed by atoms with E-state index in [2.05, 4.69) is 25.1 Å². The molecule has 4 aliphatic heterocycles. The maximum atomic E-state index is 15.7. The maximum Gasteiger partial charge on any atom is 0.301 e. The van der Waals surface area contributed by atoms with Crippen molar-refractivity contribution in [3.63, 3.8) is 0 Å². The first-order chi connectivity index (χ1) is 31.8. The summed E-state index contributed by atoms with van der Waals surface area (Å²) in [5.74, 6) is -5.52. The number of H-pyrrole nitrogens is 1. The molecule has 1 unspecified atom stereocenters. The van der Waals surface area contributed by atoms with E-state index in [0.717, 1.165) is 58.8 Å². The second-order valence-electron chi connectivity index (χ2n) is 16.3. The Kier molecular flexibility index (Phi) is 12.3. The highest BCUT2D eigenvalue weighted by molar-refractivity contribution is 7.90. The van der Waals surface area contributed by atoms with Gasteiger partial charge in [-0.2, -0.15) is 12.7 Å². The van der Waals surface area contributed by atoms with Gasteiger partial charge < -0.3 is 19.4 Å². The van der Waals surface area contributed by atoms with Gasteiger partial charge in [0.1, 0.15) is 36.0 Å². The van der Waals surface area contributed by atoms with E-state index in [9.17, 15) is 36.8 Å². The average Bonchev–Trinajstić information content (AvgIpc) is 4.01. The Balaban J connectivity index is 0.745. The zero-order valence-electron chi connectivity index (χ0n) is 35.2. The van der Waals surface area contributed by atoms with E-state index in [1.165, 1.54) is 18.3 Å². The van der Waals surface area contributed by atoms with Gasteiger partial charge in [0.2, 0.25) is 17.6 Å². The largest absolute Gasteiger partial charge is 0.491 e. The van der Waals surface area contributed by atoms with Crippen molar-refractivity contribution in [3.05, 3.63) is 107 Å². The monoisotopic (exact) mass is 928 g/mol. The topological polar surface area (TPSA) is 204 Å². The predicted octanol–water partition coefficient (Wildman–Crippen LogP) is 4.06. The molecule has 0 saturated carbocycles. The van der Waals surface area contributed by atoms with Crippen LogP contribution in [-0.2, 0) is 24.5 Å². The summed E-state index contributed by atoms with van der Waals surface area (Å²) in [7, 11) is -4.37. The quantitative estimate of drug-likeness (QED) is 0.0774. The molecule has 3 aromatic carbocycles. The molecule has 2 atom stereocenters. The minimum absolute atomic E-state index is 0.00682. The first-order valence-corrected chi connectivity index (χ1v) is 22.8. The number of nitrogens with zero attached hydrogens (tertiary/aromatic N) is 5. The summed E-state index contributed by atoms with van der Waals surface area (Å²) in [4.78, 5) is 76.4. The number of carbonyl (C=O) groups is 5. The molecule has 66 heavy (non-hydrogen) atoms. The van der Waals surface area contributed by atoms with Crippen LogP contribution in [0.4, 0.5) is 24.5 Å². The van der Waals surface area contributed by atoms with Crippen LogP contribution in [0.5, 0.6) is 5.75 Å². The van der Waals surface area contributed by atoms with Gasteiger partial charge in [-0.3, -0.25) is 43.8 Å². The van der Waals surface area contributed by atoms with Gasteiger partial charge in [0, 0.05) is 86.8 Å². The Morgan fingerprint density at radius 3 is 2.38 bits per heavy atom. The van der Waals surface area contributed by atoms with Gasteiger partial charge in [-0.25, -0.2) is 18.2 Å². The van der Waals surface area contributed by atoms with Gasteiger partial charge in [-0.1, -0.05) is 12.1 Å². The number of fused-ring (bicyclic) bond motifs is 2. The SMILES string of the molecule is O=C1CCC(N2C(=O)c3ccc(OCCOCCN4CCN(c5ccc(-c6cnc7[nH]cc(C(=O)c8c(F)ccc(NS(=O)(=O)N9CC[C@@H](F)C9)c8F)c7c6)cc5)CC4)cc3C2=O)C(=O)N1. The summed E-state index contributed by atoms with van der Waals surface area (Å²) < 4.78 is 84.5. The van der Waals surface area contributed by atoms with Gasteiger partial charge in [0.15, 0.2) is 5.82 Å². The lowest BCUT2D eigenvalue weighted by molar-refractivity contribution is -0.136. The fourth-order valence-corrected chi connectivity index (χ4v) is 9.85. The molecule has 2 aromatic heterocycles. The zero-order chi connectivity index (χ0) is 46.3. The summed E-state index contributed by atoms with van der Waals surface area (Å²) in [5, 5.41) is 2.49. The third-order valence-electron chi connectivity index (χ3n) is 12.2. The standard InChI is InChI=1S/C45H43F3N8O9S/c46-28-11-12-55(25-28)66(62,63)52-36-8-7-35(47)39(40(36)48)41(58)34-24-50-42-32(34)21-27(23-49-42)26-1-3-29(4-2-26)54-15-13-53(14-16-54)17-18-64-19-20-65-30-5-6-31-33(22-30)45(61)56(44(31)60)37-9-10-38(57)51-43(37)59/h1-8,21-24,28,37,52H,9-20,25H2,(H,49,50)(H,51,57,59)/t28-,37?/m1/s1. The van der Waals surface area contributed by atoms with E-state index in [0.29, 0.717) is 42.1 Å². The van der Waals surface area contributed by atoms with E-state index in [1.807, 2.05) is 29.0 Å². The average molecular weight is 929 g/mol. The fourth-order valence-electron chi connectivity index (χ4n) is 8.58. The van der Waals surface area contributed by atoms with Crippen LogP contribution in [0.25, 0.3) is 22.2 Å². The molecule has 4 aliphatic rings. The molecule has 6 heterocycles. The molecule has 0 bridgehead atoms. The Bertz CT molecular complexity index is 2870. The van der Waals surface area contributed by atoms with Crippen molar-refractivity contribution < 1.29 is 55.0 Å². The Morgan fingerprint density at radius 2 is 1.64 bits per heavy atom. The van der Waals surface area contributed by atoms with Crippen molar-refractivity contribution in [2.75, 3.05) is 75.3 Å². The summed E-state index contributed by atoms with van der Waals surface area (Å²) in [6.07, 6.45) is 1.66. The molecule has 9 rings (SSSR count). The van der Waals surface area contributed by atoms with E-state index < -0.39 is 81.3 Å². The molecule has 3 N–H and O–H groups in total. The van der Waals surface area contributed by atoms with Crippen LogP contribution >= 0.6 is 0 Å². The molecular weight excluding hydrogens is 886 g/mol. The van der Waals surface area contributed by atoms with Crippen LogP contribution in [0, 0.1) is 11.6 Å². The molecule has 4 amide bonds. The maximum absolute atomic E-state index is 15.7. The van der Waals surface area contributed by atoms with Gasteiger partial charge in [0.05, 0.1) is 35.6 Å². The third-order valence-corrected chi connectivity index (χ3v) is 13.7. The number of ether oxygens (including phenoxy) is 2. The molecule has 0 radical (unpaired) electrons. The number of anilines is 2. The molecule has 17 nitrogen and oxygen atoms in total. The number of pyridine rings is 1. The number of aromatic nitrogens is 2. The molecule has 3 saturated heterocycles. The number of halogens is 3. The van der Waals surface area contributed by atoms with Crippen LogP contribution in [-0.4, -0.2) is 140 Å². The number of piperazine rings is 1. The van der Waals surface area contributed by atoms with E-state index >= 15 is 8.78 Å². The number of benzene rings is 3. The van der Waals surface area contributed by atoms with Crippen LogP contribution in [0.2, 0.25) is 0 Å². The second kappa shape index (κ2) is 18.3. The summed E-state index contributed by atoms with van der Waals surface area (Å²) >= 11 is 0. The van der Waals surface area contributed by atoms with Gasteiger partial charge in [-0.15, -0.1) is 0 Å². The molecule has 344 valence electrons. The molecule has 5 aromatic rings. The van der Waals surface area contributed by atoms with Crippen LogP contribution < -0.4 is 19.7 Å². The highest BCUT2D eigenvalue weighted by atomic mass is 32.2. The Labute approximate surface area is 376 Å². The number of amides is 4. The number of ketones is 1. The summed E-state index contributed by atoms with van der Waals surface area (Å²) in [6.45, 7) is 4.35. The first-order valence-electron chi connectivity index (χ1n) is 21.3.